The van der Waals surface area contributed by atoms with Gasteiger partial charge >= 0.3 is 5.97 Å². The summed E-state index contributed by atoms with van der Waals surface area (Å²) < 4.78 is 11.2. The Morgan fingerprint density at radius 3 is 2.77 bits per heavy atom. The molecule has 1 aromatic carbocycles. The third-order valence-electron chi connectivity index (χ3n) is 5.91. The van der Waals surface area contributed by atoms with E-state index in [-0.39, 0.29) is 29.4 Å². The average Bonchev–Trinajstić information content (AvgIpc) is 2.87. The number of ether oxygens (including phenoxy) is 2. The Labute approximate surface area is 208 Å². The van der Waals surface area contributed by atoms with Gasteiger partial charge in [0.05, 0.1) is 29.4 Å². The van der Waals surface area contributed by atoms with Crippen molar-refractivity contribution in [3.05, 3.63) is 81.6 Å². The Kier molecular flexibility index (Phi) is 7.40. The largest absolute Gasteiger partial charge is 0.463 e. The molecule has 2 N–H and O–H groups in total. The highest BCUT2D eigenvalue weighted by Crippen LogP contribution is 2.41. The van der Waals surface area contributed by atoms with Crippen LogP contribution in [0.25, 0.3) is 0 Å². The molecule has 0 saturated heterocycles. The number of allylic oxidation sites excluding steroid dienone is 1. The molecule has 0 radical (unpaired) electrons. The van der Waals surface area contributed by atoms with Gasteiger partial charge in [0.2, 0.25) is 5.88 Å². The molecule has 0 fully saturated rings. The fraction of sp³-hybridized carbons (Fsp3) is 0.308. The average molecular weight is 488 g/mol. The quantitative estimate of drug-likeness (QED) is 0.482. The van der Waals surface area contributed by atoms with Gasteiger partial charge in [-0.3, -0.25) is 0 Å². The summed E-state index contributed by atoms with van der Waals surface area (Å²) in [6, 6.07) is 15.4. The lowest BCUT2D eigenvalue weighted by molar-refractivity contribution is -0.139. The van der Waals surface area contributed by atoms with Gasteiger partial charge in [0.15, 0.2) is 0 Å². The number of pyridine rings is 1. The van der Waals surface area contributed by atoms with Gasteiger partial charge in [-0.05, 0) is 31.2 Å². The Balaban J connectivity index is 1.73. The number of hydrogen-bond acceptors (Lipinski definition) is 9. The SMILES string of the molecule is CCOC(=O)C1=C(CSc2nc3c(cc2C#N)CN(C)CC3)OC(N)=C(C#N)C1c1ccccc1. The fourth-order valence-electron chi connectivity index (χ4n) is 4.25. The van der Waals surface area contributed by atoms with Crippen LogP contribution in [0.5, 0.6) is 0 Å². The van der Waals surface area contributed by atoms with E-state index in [1.165, 1.54) is 11.8 Å². The van der Waals surface area contributed by atoms with Gasteiger partial charge in [0, 0.05) is 25.2 Å². The normalized spacial score (nSPS) is 17.8. The molecule has 0 amide bonds. The molecule has 1 atom stereocenters. The van der Waals surface area contributed by atoms with Crippen molar-refractivity contribution in [1.29, 1.82) is 10.5 Å². The Hall–Kier alpha value is -3.79. The van der Waals surface area contributed by atoms with Gasteiger partial charge in [0.25, 0.3) is 0 Å². The number of thioether (sulfide) groups is 1. The van der Waals surface area contributed by atoms with Crippen LogP contribution in [0, 0.1) is 22.7 Å². The molecule has 3 heterocycles. The van der Waals surface area contributed by atoms with Crippen LogP contribution in [-0.2, 0) is 27.2 Å². The predicted molar refractivity (Wildman–Crippen MR) is 130 cm³/mol. The van der Waals surface area contributed by atoms with Crippen LogP contribution in [0.3, 0.4) is 0 Å². The van der Waals surface area contributed by atoms with E-state index in [0.717, 1.165) is 36.3 Å². The summed E-state index contributed by atoms with van der Waals surface area (Å²) >= 11 is 1.30. The minimum absolute atomic E-state index is 0.0491. The van der Waals surface area contributed by atoms with Crippen LogP contribution in [-0.4, -0.2) is 41.8 Å². The monoisotopic (exact) mass is 487 g/mol. The molecule has 0 bridgehead atoms. The molecule has 178 valence electrons. The minimum Gasteiger partial charge on any atom is -0.463 e. The van der Waals surface area contributed by atoms with Gasteiger partial charge in [-0.25, -0.2) is 9.78 Å². The molecule has 9 heteroatoms. The highest BCUT2D eigenvalue weighted by Gasteiger charge is 2.37. The van der Waals surface area contributed by atoms with Gasteiger partial charge in [0.1, 0.15) is 28.5 Å². The maximum Gasteiger partial charge on any atom is 0.338 e. The number of hydrogen-bond donors (Lipinski definition) is 1. The molecule has 1 aromatic heterocycles. The van der Waals surface area contributed by atoms with E-state index in [0.29, 0.717) is 16.3 Å². The molecule has 8 nitrogen and oxygen atoms in total. The number of nitriles is 2. The van der Waals surface area contributed by atoms with E-state index in [1.807, 2.05) is 43.4 Å². The number of nitrogens with two attached hydrogens (primary N) is 1. The van der Waals surface area contributed by atoms with Crippen molar-refractivity contribution in [2.45, 2.75) is 30.8 Å². The zero-order valence-corrected chi connectivity index (χ0v) is 20.4. The highest BCUT2D eigenvalue weighted by atomic mass is 32.2. The molecule has 1 unspecified atom stereocenters. The molecule has 4 rings (SSSR count). The Bertz CT molecular complexity index is 1290. The van der Waals surface area contributed by atoms with Crippen LogP contribution in [0.15, 0.2) is 64.2 Å². The van der Waals surface area contributed by atoms with Crippen LogP contribution < -0.4 is 5.73 Å². The van der Waals surface area contributed by atoms with Crippen molar-refractivity contribution in [3.8, 4) is 12.1 Å². The van der Waals surface area contributed by atoms with E-state index in [2.05, 4.69) is 17.0 Å². The summed E-state index contributed by atoms with van der Waals surface area (Å²) in [5, 5.41) is 20.1. The lowest BCUT2D eigenvalue weighted by Crippen LogP contribution is -2.28. The maximum atomic E-state index is 13.1. The van der Waals surface area contributed by atoms with Crippen molar-refractivity contribution < 1.29 is 14.3 Å². The molecule has 2 aliphatic rings. The second-order valence-corrected chi connectivity index (χ2v) is 9.19. The van der Waals surface area contributed by atoms with Crippen LogP contribution in [0.2, 0.25) is 0 Å². The molecule has 0 saturated carbocycles. The molecule has 0 aliphatic carbocycles. The summed E-state index contributed by atoms with van der Waals surface area (Å²) in [4.78, 5) is 20.1. The molecule has 2 aliphatic heterocycles. The number of carbonyl (C=O) groups is 1. The number of rotatable bonds is 6. The van der Waals surface area contributed by atoms with E-state index < -0.39 is 11.9 Å². The first-order valence-corrected chi connectivity index (χ1v) is 12.2. The number of esters is 1. The minimum atomic E-state index is -0.716. The number of aromatic nitrogens is 1. The highest BCUT2D eigenvalue weighted by molar-refractivity contribution is 7.99. The number of fused-ring (bicyclic) bond motifs is 1. The molecule has 0 spiro atoms. The zero-order chi connectivity index (χ0) is 24.9. The van der Waals surface area contributed by atoms with E-state index in [1.54, 1.807) is 6.92 Å². The number of carbonyl (C=O) groups excluding carboxylic acids is 1. The van der Waals surface area contributed by atoms with Crippen LogP contribution in [0.4, 0.5) is 0 Å². The summed E-state index contributed by atoms with van der Waals surface area (Å²) in [5.74, 6) is -0.850. The molecular weight excluding hydrogens is 462 g/mol. The van der Waals surface area contributed by atoms with Crippen molar-refractivity contribution >= 4 is 17.7 Å². The Morgan fingerprint density at radius 1 is 1.31 bits per heavy atom. The number of likely N-dealkylation sites (N-methyl/N-ethyl adjacent to an activating group) is 1. The topological polar surface area (TPSA) is 125 Å². The van der Waals surface area contributed by atoms with Gasteiger partial charge in [-0.2, -0.15) is 10.5 Å². The van der Waals surface area contributed by atoms with Crippen molar-refractivity contribution in [1.82, 2.24) is 9.88 Å². The fourth-order valence-corrected chi connectivity index (χ4v) is 5.17. The lowest BCUT2D eigenvalue weighted by atomic mass is 9.83. The van der Waals surface area contributed by atoms with Crippen LogP contribution >= 0.6 is 11.8 Å². The third kappa shape index (κ3) is 5.02. The first-order chi connectivity index (χ1) is 17.0. The van der Waals surface area contributed by atoms with Gasteiger partial charge < -0.3 is 20.1 Å². The van der Waals surface area contributed by atoms with E-state index >= 15 is 0 Å². The predicted octanol–water partition coefficient (Wildman–Crippen LogP) is 3.36. The summed E-state index contributed by atoms with van der Waals surface area (Å²) in [6.07, 6.45) is 0.801. The van der Waals surface area contributed by atoms with Crippen molar-refractivity contribution in [2.75, 3.05) is 26.0 Å². The summed E-state index contributed by atoms with van der Waals surface area (Å²) in [5.41, 5.74) is 9.75. The Morgan fingerprint density at radius 2 is 2.09 bits per heavy atom. The second kappa shape index (κ2) is 10.6. The maximum absolute atomic E-state index is 13.1. The van der Waals surface area contributed by atoms with Crippen molar-refractivity contribution in [3.63, 3.8) is 0 Å². The van der Waals surface area contributed by atoms with Gasteiger partial charge in [-0.15, -0.1) is 0 Å². The van der Waals surface area contributed by atoms with E-state index in [9.17, 15) is 15.3 Å². The number of benzene rings is 1. The van der Waals surface area contributed by atoms with Crippen molar-refractivity contribution in [2.24, 2.45) is 5.73 Å². The van der Waals surface area contributed by atoms with Gasteiger partial charge in [-0.1, -0.05) is 42.1 Å². The smallest absolute Gasteiger partial charge is 0.338 e. The summed E-state index contributed by atoms with van der Waals surface area (Å²) in [6.45, 7) is 3.54. The molecular formula is C26H25N5O3S. The lowest BCUT2D eigenvalue weighted by Gasteiger charge is -2.28. The number of nitrogens with zero attached hydrogens (tertiary/aromatic N) is 4. The first-order valence-electron chi connectivity index (χ1n) is 11.2. The standard InChI is InChI=1S/C26H25N5O3S/c1-3-33-26(32)23-21(34-24(29)19(13-28)22(23)16-7-5-4-6-8-16)15-35-25-17(12-27)11-18-14-31(2)10-9-20(18)30-25/h4-8,11,22H,3,9-10,14-15,29H2,1-2H3. The third-order valence-corrected chi connectivity index (χ3v) is 6.90. The van der Waals surface area contributed by atoms with Crippen LogP contribution in [0.1, 0.15) is 35.2 Å². The summed E-state index contributed by atoms with van der Waals surface area (Å²) in [7, 11) is 2.04. The molecule has 2 aromatic rings. The second-order valence-electron chi connectivity index (χ2n) is 8.23. The molecule has 35 heavy (non-hydrogen) atoms. The zero-order valence-electron chi connectivity index (χ0n) is 19.6. The first kappa shape index (κ1) is 24.3. The van der Waals surface area contributed by atoms with E-state index in [4.69, 9.17) is 20.2 Å².